The third-order valence-electron chi connectivity index (χ3n) is 4.40. The zero-order valence-electron chi connectivity index (χ0n) is 15.8. The van der Waals surface area contributed by atoms with Gasteiger partial charge in [-0.2, -0.15) is 5.10 Å². The molecule has 2 aromatic carbocycles. The number of anilines is 1. The Labute approximate surface area is 170 Å². The van der Waals surface area contributed by atoms with Crippen molar-refractivity contribution in [2.45, 2.75) is 13.8 Å². The third-order valence-corrected chi connectivity index (χ3v) is 5.30. The van der Waals surface area contributed by atoms with E-state index >= 15 is 0 Å². The minimum atomic E-state index is -0.662. The normalized spacial score (nSPS) is 11.6. The number of aromatic nitrogens is 1. The lowest BCUT2D eigenvalue weighted by atomic mass is 10.1. The van der Waals surface area contributed by atoms with Crippen molar-refractivity contribution in [3.63, 3.8) is 0 Å². The van der Waals surface area contributed by atoms with E-state index < -0.39 is 11.4 Å². The lowest BCUT2D eigenvalue weighted by Gasteiger charge is -2.02. The maximum atomic E-state index is 12.8. The smallest absolute Gasteiger partial charge is 0.347 e. The molecule has 0 atom stereocenters. The summed E-state index contributed by atoms with van der Waals surface area (Å²) in [6, 6.07) is 16.6. The predicted octanol–water partition coefficient (Wildman–Crippen LogP) is 4.63. The van der Waals surface area contributed by atoms with Gasteiger partial charge in [0.1, 0.15) is 11.1 Å². The minimum Gasteiger partial charge on any atom is -0.422 e. The summed E-state index contributed by atoms with van der Waals surface area (Å²) < 4.78 is 5.25. The topological polar surface area (TPSA) is 84.6 Å². The average Bonchev–Trinajstić information content (AvgIpc) is 3.20. The number of para-hydroxylation sites is 1. The van der Waals surface area contributed by atoms with Crippen LogP contribution >= 0.6 is 11.3 Å². The van der Waals surface area contributed by atoms with E-state index in [0.717, 1.165) is 22.6 Å². The second-order valence-electron chi connectivity index (χ2n) is 6.52. The highest BCUT2D eigenvalue weighted by molar-refractivity contribution is 7.17. The van der Waals surface area contributed by atoms with Crippen LogP contribution in [0.4, 0.5) is 5.13 Å². The first-order chi connectivity index (χ1) is 14.0. The highest BCUT2D eigenvalue weighted by Crippen LogP contribution is 2.22. The molecule has 144 valence electrons. The molecule has 2 aromatic heterocycles. The first-order valence-corrected chi connectivity index (χ1v) is 9.74. The number of aryl methyl sites for hydroxylation is 1. The summed E-state index contributed by atoms with van der Waals surface area (Å²) in [5.41, 5.74) is 5.60. The molecule has 4 aromatic rings. The summed E-state index contributed by atoms with van der Waals surface area (Å²) in [6.45, 7) is 3.91. The zero-order valence-corrected chi connectivity index (χ0v) is 16.6. The van der Waals surface area contributed by atoms with E-state index in [0.29, 0.717) is 21.0 Å². The molecule has 0 saturated carbocycles. The van der Waals surface area contributed by atoms with Crippen LogP contribution in [0.2, 0.25) is 0 Å². The molecule has 0 aliphatic heterocycles. The monoisotopic (exact) mass is 403 g/mol. The summed E-state index contributed by atoms with van der Waals surface area (Å²) in [5.74, 6) is -0.422. The Balaban J connectivity index is 1.55. The SMILES string of the molecule is C/C(=N\Nc1ncc(C(=O)c2cc3ccccc3oc2=O)s1)c1ccc(C)cc1. The molecule has 0 bridgehead atoms. The number of carbonyl (C=O) groups is 1. The fraction of sp³-hybridized carbons (Fsp3) is 0.0909. The van der Waals surface area contributed by atoms with Gasteiger partial charge in [0, 0.05) is 5.39 Å². The molecule has 4 rings (SSSR count). The minimum absolute atomic E-state index is 0.0155. The molecule has 0 spiro atoms. The number of hydrazone groups is 1. The average molecular weight is 403 g/mol. The number of thiazole rings is 1. The van der Waals surface area contributed by atoms with Gasteiger partial charge in [-0.05, 0) is 31.5 Å². The Hall–Kier alpha value is -3.58. The molecule has 0 aliphatic carbocycles. The summed E-state index contributed by atoms with van der Waals surface area (Å²) >= 11 is 1.13. The zero-order chi connectivity index (χ0) is 20.4. The molecule has 6 nitrogen and oxygen atoms in total. The van der Waals surface area contributed by atoms with E-state index in [1.807, 2.05) is 44.2 Å². The Morgan fingerprint density at radius 3 is 2.69 bits per heavy atom. The second-order valence-corrected chi connectivity index (χ2v) is 7.55. The first kappa shape index (κ1) is 18.8. The highest BCUT2D eigenvalue weighted by Gasteiger charge is 2.18. The third kappa shape index (κ3) is 4.00. The second kappa shape index (κ2) is 7.81. The van der Waals surface area contributed by atoms with E-state index in [9.17, 15) is 9.59 Å². The van der Waals surface area contributed by atoms with Crippen LogP contribution in [0.5, 0.6) is 0 Å². The number of nitrogens with one attached hydrogen (secondary N) is 1. The molecule has 2 heterocycles. The molecular formula is C22H17N3O3S. The van der Waals surface area contributed by atoms with E-state index in [1.165, 1.54) is 11.8 Å². The van der Waals surface area contributed by atoms with Crippen molar-refractivity contribution in [3.8, 4) is 0 Å². The fourth-order valence-corrected chi connectivity index (χ4v) is 3.49. The van der Waals surface area contributed by atoms with Gasteiger partial charge >= 0.3 is 5.63 Å². The van der Waals surface area contributed by atoms with Crippen LogP contribution in [0.1, 0.15) is 33.3 Å². The van der Waals surface area contributed by atoms with Gasteiger partial charge in [-0.15, -0.1) is 0 Å². The Morgan fingerprint density at radius 1 is 1.14 bits per heavy atom. The van der Waals surface area contributed by atoms with Crippen LogP contribution in [0.3, 0.4) is 0 Å². The Bertz CT molecular complexity index is 1290. The summed E-state index contributed by atoms with van der Waals surface area (Å²) in [4.78, 5) is 29.5. The number of carbonyl (C=O) groups excluding carboxylic acids is 1. The maximum Gasteiger partial charge on any atom is 0.347 e. The number of rotatable bonds is 5. The van der Waals surface area contributed by atoms with Gasteiger partial charge in [0.15, 0.2) is 0 Å². The maximum absolute atomic E-state index is 12.8. The lowest BCUT2D eigenvalue weighted by Crippen LogP contribution is -2.13. The standard InChI is InChI=1S/C22H17N3O3S/c1-13-7-9-15(10-8-13)14(2)24-25-22-23-12-19(29-22)20(26)17-11-16-5-3-4-6-18(16)28-21(17)27/h3-12H,1-2H3,(H,23,25)/b24-14+. The quantitative estimate of drug-likeness (QED) is 0.227. The van der Waals surface area contributed by atoms with Gasteiger partial charge in [0.05, 0.1) is 16.8 Å². The summed E-state index contributed by atoms with van der Waals surface area (Å²) in [6.07, 6.45) is 1.43. The van der Waals surface area contributed by atoms with E-state index in [2.05, 4.69) is 15.5 Å². The number of hydrogen-bond acceptors (Lipinski definition) is 7. The highest BCUT2D eigenvalue weighted by atomic mass is 32.1. The van der Waals surface area contributed by atoms with Crippen LogP contribution < -0.4 is 11.1 Å². The first-order valence-electron chi connectivity index (χ1n) is 8.92. The van der Waals surface area contributed by atoms with Crippen molar-refractivity contribution < 1.29 is 9.21 Å². The van der Waals surface area contributed by atoms with Crippen molar-refractivity contribution in [1.29, 1.82) is 0 Å². The molecule has 0 aliphatic rings. The Morgan fingerprint density at radius 2 is 1.90 bits per heavy atom. The molecule has 0 unspecified atom stereocenters. The molecule has 7 heteroatoms. The number of benzene rings is 2. The largest absolute Gasteiger partial charge is 0.422 e. The van der Waals surface area contributed by atoms with Crippen LogP contribution in [0.25, 0.3) is 11.0 Å². The van der Waals surface area contributed by atoms with Gasteiger partial charge in [0.25, 0.3) is 0 Å². The van der Waals surface area contributed by atoms with Crippen LogP contribution in [-0.4, -0.2) is 16.5 Å². The van der Waals surface area contributed by atoms with Crippen LogP contribution in [-0.2, 0) is 0 Å². The number of hydrogen-bond donors (Lipinski definition) is 1. The van der Waals surface area contributed by atoms with Crippen molar-refractivity contribution in [1.82, 2.24) is 4.98 Å². The molecule has 29 heavy (non-hydrogen) atoms. The van der Waals surface area contributed by atoms with Gasteiger partial charge in [0.2, 0.25) is 10.9 Å². The van der Waals surface area contributed by atoms with Crippen molar-refractivity contribution in [2.24, 2.45) is 5.10 Å². The molecule has 0 fully saturated rings. The fourth-order valence-electron chi connectivity index (χ4n) is 2.77. The van der Waals surface area contributed by atoms with Crippen LogP contribution in [0.15, 0.2) is 75.1 Å². The van der Waals surface area contributed by atoms with E-state index in [1.54, 1.807) is 24.3 Å². The van der Waals surface area contributed by atoms with Crippen molar-refractivity contribution >= 4 is 38.9 Å². The van der Waals surface area contributed by atoms with Gasteiger partial charge in [-0.1, -0.05) is 59.4 Å². The lowest BCUT2D eigenvalue weighted by molar-refractivity contribution is 0.103. The number of fused-ring (bicyclic) bond motifs is 1. The molecule has 0 saturated heterocycles. The van der Waals surface area contributed by atoms with E-state index in [-0.39, 0.29) is 5.56 Å². The van der Waals surface area contributed by atoms with E-state index in [4.69, 9.17) is 4.42 Å². The number of nitrogens with zero attached hydrogens (tertiary/aromatic N) is 2. The number of ketones is 1. The van der Waals surface area contributed by atoms with Crippen LogP contribution in [0, 0.1) is 6.92 Å². The molecule has 0 amide bonds. The molecule has 1 N–H and O–H groups in total. The van der Waals surface area contributed by atoms with Gasteiger partial charge < -0.3 is 4.42 Å². The molecular weight excluding hydrogens is 386 g/mol. The predicted molar refractivity (Wildman–Crippen MR) is 115 cm³/mol. The van der Waals surface area contributed by atoms with Crippen molar-refractivity contribution in [3.05, 3.63) is 92.8 Å². The summed E-state index contributed by atoms with van der Waals surface area (Å²) in [7, 11) is 0. The molecule has 0 radical (unpaired) electrons. The van der Waals surface area contributed by atoms with Gasteiger partial charge in [-0.3, -0.25) is 10.2 Å². The van der Waals surface area contributed by atoms with Gasteiger partial charge in [-0.25, -0.2) is 9.78 Å². The summed E-state index contributed by atoms with van der Waals surface area (Å²) in [5, 5.41) is 5.48. The Kier molecular flexibility index (Phi) is 5.05. The van der Waals surface area contributed by atoms with Crippen molar-refractivity contribution in [2.75, 3.05) is 5.43 Å².